The van der Waals surface area contributed by atoms with Gasteiger partial charge >= 0.3 is 0 Å². The summed E-state index contributed by atoms with van der Waals surface area (Å²) in [6.07, 6.45) is 4.99. The van der Waals surface area contributed by atoms with E-state index in [9.17, 15) is 0 Å². The van der Waals surface area contributed by atoms with E-state index < -0.39 is 0 Å². The molecule has 56 valence electrons. The van der Waals surface area contributed by atoms with Crippen LogP contribution in [0.15, 0.2) is 30.7 Å². The molecule has 2 aromatic rings. The van der Waals surface area contributed by atoms with Crippen molar-refractivity contribution < 1.29 is 0 Å². The van der Waals surface area contributed by atoms with Gasteiger partial charge in [0.2, 0.25) is 0 Å². The van der Waals surface area contributed by atoms with Gasteiger partial charge in [0.15, 0.2) is 0 Å². The summed E-state index contributed by atoms with van der Waals surface area (Å²) in [6, 6.07) is 5.66. The van der Waals surface area contributed by atoms with E-state index in [-0.39, 0.29) is 0 Å². The second kappa shape index (κ2) is 2.59. The Hall–Kier alpha value is -1.95. The summed E-state index contributed by atoms with van der Waals surface area (Å²) in [5.41, 5.74) is 0.454. The van der Waals surface area contributed by atoms with Gasteiger partial charge in [-0.15, -0.1) is 0 Å². The molecule has 0 spiro atoms. The maximum absolute atomic E-state index is 8.70. The van der Waals surface area contributed by atoms with Crippen LogP contribution in [0.2, 0.25) is 0 Å². The second-order valence-electron chi connectivity index (χ2n) is 2.37. The standard InChI is InChI=1S/C9H5N3/c10-5-9-8-2-3-11-6-7(8)1-4-12-9/h1-4,6H. The van der Waals surface area contributed by atoms with Crippen LogP contribution in [0.3, 0.4) is 0 Å². The van der Waals surface area contributed by atoms with E-state index in [0.29, 0.717) is 5.69 Å². The molecule has 0 aliphatic heterocycles. The van der Waals surface area contributed by atoms with E-state index in [1.807, 2.05) is 12.1 Å². The zero-order valence-corrected chi connectivity index (χ0v) is 6.23. The molecule has 0 saturated carbocycles. The average molecular weight is 155 g/mol. The van der Waals surface area contributed by atoms with Gasteiger partial charge in [0.25, 0.3) is 0 Å². The summed E-state index contributed by atoms with van der Waals surface area (Å²) in [4.78, 5) is 7.89. The molecule has 2 rings (SSSR count). The van der Waals surface area contributed by atoms with Crippen molar-refractivity contribution in [3.63, 3.8) is 0 Å². The van der Waals surface area contributed by atoms with Crippen LogP contribution in [-0.4, -0.2) is 9.97 Å². The Morgan fingerprint density at radius 2 is 2.17 bits per heavy atom. The third kappa shape index (κ3) is 0.903. The lowest BCUT2D eigenvalue weighted by Gasteiger charge is -1.95. The molecular weight excluding hydrogens is 150 g/mol. The molecule has 0 aliphatic carbocycles. The number of hydrogen-bond acceptors (Lipinski definition) is 3. The van der Waals surface area contributed by atoms with Crippen molar-refractivity contribution in [1.82, 2.24) is 9.97 Å². The number of nitriles is 1. The highest BCUT2D eigenvalue weighted by molar-refractivity contribution is 5.85. The highest BCUT2D eigenvalue weighted by atomic mass is 14.7. The zero-order chi connectivity index (χ0) is 8.39. The fourth-order valence-corrected chi connectivity index (χ4v) is 1.11. The number of hydrogen-bond donors (Lipinski definition) is 0. The first-order chi connectivity index (χ1) is 5.92. The Morgan fingerprint density at radius 1 is 1.25 bits per heavy atom. The maximum Gasteiger partial charge on any atom is 0.148 e. The SMILES string of the molecule is N#Cc1nccc2cnccc12. The summed E-state index contributed by atoms with van der Waals surface area (Å²) in [5, 5.41) is 10.5. The lowest BCUT2D eigenvalue weighted by atomic mass is 10.2. The summed E-state index contributed by atoms with van der Waals surface area (Å²) < 4.78 is 0. The van der Waals surface area contributed by atoms with Gasteiger partial charge in [0.05, 0.1) is 0 Å². The van der Waals surface area contributed by atoms with E-state index in [1.54, 1.807) is 24.7 Å². The lowest BCUT2D eigenvalue weighted by molar-refractivity contribution is 1.28. The molecule has 3 nitrogen and oxygen atoms in total. The Morgan fingerprint density at radius 3 is 3.00 bits per heavy atom. The first-order valence-corrected chi connectivity index (χ1v) is 3.50. The van der Waals surface area contributed by atoms with Gasteiger partial charge in [-0.05, 0) is 12.1 Å². The Balaban J connectivity index is 2.91. The molecule has 2 heterocycles. The van der Waals surface area contributed by atoms with Crippen molar-refractivity contribution >= 4 is 10.8 Å². The van der Waals surface area contributed by atoms with E-state index in [4.69, 9.17) is 5.26 Å². The summed E-state index contributed by atoms with van der Waals surface area (Å²) in [7, 11) is 0. The van der Waals surface area contributed by atoms with Crippen molar-refractivity contribution in [1.29, 1.82) is 5.26 Å². The van der Waals surface area contributed by atoms with Crippen molar-refractivity contribution in [3.8, 4) is 6.07 Å². The smallest absolute Gasteiger partial charge is 0.148 e. The highest BCUT2D eigenvalue weighted by Crippen LogP contribution is 2.13. The molecule has 0 unspecified atom stereocenters. The minimum atomic E-state index is 0.454. The van der Waals surface area contributed by atoms with E-state index in [0.717, 1.165) is 10.8 Å². The van der Waals surface area contributed by atoms with Crippen molar-refractivity contribution in [2.45, 2.75) is 0 Å². The predicted octanol–water partition coefficient (Wildman–Crippen LogP) is 1.50. The van der Waals surface area contributed by atoms with Gasteiger partial charge < -0.3 is 0 Å². The lowest BCUT2D eigenvalue weighted by Crippen LogP contribution is -1.84. The van der Waals surface area contributed by atoms with Crippen LogP contribution in [0.5, 0.6) is 0 Å². The number of fused-ring (bicyclic) bond motifs is 1. The monoisotopic (exact) mass is 155 g/mol. The van der Waals surface area contributed by atoms with Crippen LogP contribution in [0, 0.1) is 11.3 Å². The van der Waals surface area contributed by atoms with Gasteiger partial charge in [0, 0.05) is 29.4 Å². The fourth-order valence-electron chi connectivity index (χ4n) is 1.11. The maximum atomic E-state index is 8.70. The molecule has 0 fully saturated rings. The van der Waals surface area contributed by atoms with Crippen molar-refractivity contribution in [2.75, 3.05) is 0 Å². The molecule has 0 aromatic carbocycles. The molecule has 0 amide bonds. The van der Waals surface area contributed by atoms with Crippen molar-refractivity contribution in [2.24, 2.45) is 0 Å². The summed E-state index contributed by atoms with van der Waals surface area (Å²) >= 11 is 0. The molecule has 12 heavy (non-hydrogen) atoms. The number of aromatic nitrogens is 2. The molecule has 3 heteroatoms. The minimum absolute atomic E-state index is 0.454. The molecule has 0 bridgehead atoms. The Labute approximate surface area is 69.3 Å². The number of nitrogens with zero attached hydrogens (tertiary/aromatic N) is 3. The Bertz CT molecular complexity index is 451. The second-order valence-corrected chi connectivity index (χ2v) is 2.37. The first kappa shape index (κ1) is 6.74. The van der Waals surface area contributed by atoms with Gasteiger partial charge in [-0.25, -0.2) is 4.98 Å². The third-order valence-corrected chi connectivity index (χ3v) is 1.67. The molecule has 2 aromatic heterocycles. The third-order valence-electron chi connectivity index (χ3n) is 1.67. The fraction of sp³-hybridized carbons (Fsp3) is 0. The van der Waals surface area contributed by atoms with E-state index in [2.05, 4.69) is 9.97 Å². The van der Waals surface area contributed by atoms with Crippen molar-refractivity contribution in [3.05, 3.63) is 36.4 Å². The summed E-state index contributed by atoms with van der Waals surface area (Å²) in [6.45, 7) is 0. The van der Waals surface area contributed by atoms with Gasteiger partial charge in [-0.3, -0.25) is 4.98 Å². The van der Waals surface area contributed by atoms with E-state index >= 15 is 0 Å². The summed E-state index contributed by atoms with van der Waals surface area (Å²) in [5.74, 6) is 0. The largest absolute Gasteiger partial charge is 0.264 e. The quantitative estimate of drug-likeness (QED) is 0.579. The minimum Gasteiger partial charge on any atom is -0.264 e. The molecule has 0 radical (unpaired) electrons. The molecule has 0 aliphatic rings. The van der Waals surface area contributed by atoms with Crippen LogP contribution in [0.25, 0.3) is 10.8 Å². The molecule has 0 saturated heterocycles. The molecule has 0 atom stereocenters. The number of pyridine rings is 2. The molecular formula is C9H5N3. The zero-order valence-electron chi connectivity index (χ0n) is 6.23. The van der Waals surface area contributed by atoms with Crippen LogP contribution < -0.4 is 0 Å². The van der Waals surface area contributed by atoms with Crippen LogP contribution in [0.1, 0.15) is 5.69 Å². The highest BCUT2D eigenvalue weighted by Gasteiger charge is 1.98. The normalized spacial score (nSPS) is 9.58. The topological polar surface area (TPSA) is 49.6 Å². The molecule has 0 N–H and O–H groups in total. The van der Waals surface area contributed by atoms with Gasteiger partial charge in [-0.2, -0.15) is 5.26 Å². The van der Waals surface area contributed by atoms with Crippen LogP contribution in [0.4, 0.5) is 0 Å². The van der Waals surface area contributed by atoms with Crippen LogP contribution >= 0.6 is 0 Å². The first-order valence-electron chi connectivity index (χ1n) is 3.50. The van der Waals surface area contributed by atoms with Crippen LogP contribution in [-0.2, 0) is 0 Å². The predicted molar refractivity (Wildman–Crippen MR) is 44.3 cm³/mol. The number of rotatable bonds is 0. The van der Waals surface area contributed by atoms with E-state index in [1.165, 1.54) is 0 Å². The Kier molecular flexibility index (Phi) is 1.45. The average Bonchev–Trinajstić information content (AvgIpc) is 2.17. The van der Waals surface area contributed by atoms with Gasteiger partial charge in [-0.1, -0.05) is 0 Å². The van der Waals surface area contributed by atoms with Gasteiger partial charge in [0.1, 0.15) is 11.8 Å².